The number of methoxy groups -OCH3 is 1. The third-order valence-electron chi connectivity index (χ3n) is 4.77. The van der Waals surface area contributed by atoms with Crippen molar-refractivity contribution < 1.29 is 14.3 Å². The van der Waals surface area contributed by atoms with Gasteiger partial charge in [0.1, 0.15) is 11.9 Å². The smallest absolute Gasteiger partial charge is 0.307 e. The second kappa shape index (κ2) is 8.43. The highest BCUT2D eigenvalue weighted by molar-refractivity contribution is 5.71. The van der Waals surface area contributed by atoms with E-state index in [2.05, 4.69) is 17.9 Å². The molecule has 4 heteroatoms. The zero-order valence-corrected chi connectivity index (χ0v) is 15.5. The van der Waals surface area contributed by atoms with Gasteiger partial charge < -0.3 is 9.47 Å². The third kappa shape index (κ3) is 4.30. The van der Waals surface area contributed by atoms with E-state index in [-0.39, 0.29) is 24.4 Å². The van der Waals surface area contributed by atoms with Crippen LogP contribution < -0.4 is 4.74 Å². The number of hydrogen-bond acceptors (Lipinski definition) is 4. The van der Waals surface area contributed by atoms with Crippen LogP contribution in [0.15, 0.2) is 42.5 Å². The molecule has 27 heavy (non-hydrogen) atoms. The molecule has 3 rings (SSSR count). The van der Waals surface area contributed by atoms with Crippen molar-refractivity contribution in [3.63, 3.8) is 0 Å². The van der Waals surface area contributed by atoms with Gasteiger partial charge in [0, 0.05) is 0 Å². The first-order valence-corrected chi connectivity index (χ1v) is 8.93. The molecule has 4 nitrogen and oxygen atoms in total. The molecule has 0 N–H and O–H groups in total. The lowest BCUT2D eigenvalue weighted by molar-refractivity contribution is -0.140. The van der Waals surface area contributed by atoms with E-state index in [9.17, 15) is 4.79 Å². The number of carbonyl (C=O) groups is 1. The summed E-state index contributed by atoms with van der Waals surface area (Å²) in [5, 5.41) is 9.03. The van der Waals surface area contributed by atoms with Crippen LogP contribution in [0.2, 0.25) is 0 Å². The number of hydrogen-bond donors (Lipinski definition) is 0. The molecule has 0 saturated heterocycles. The predicted octanol–water partition coefficient (Wildman–Crippen LogP) is 4.29. The van der Waals surface area contributed by atoms with Crippen LogP contribution in [0.5, 0.6) is 5.75 Å². The van der Waals surface area contributed by atoms with Crippen molar-refractivity contribution >= 4 is 5.97 Å². The first kappa shape index (κ1) is 18.5. The highest BCUT2D eigenvalue weighted by Gasteiger charge is 2.24. The topological polar surface area (TPSA) is 59.3 Å². The number of nitrogens with zero attached hydrogens (tertiary/aromatic N) is 1. The van der Waals surface area contributed by atoms with Gasteiger partial charge in [-0.1, -0.05) is 24.1 Å². The first-order valence-electron chi connectivity index (χ1n) is 8.93. The van der Waals surface area contributed by atoms with E-state index in [1.165, 1.54) is 12.7 Å². The van der Waals surface area contributed by atoms with Gasteiger partial charge in [-0.2, -0.15) is 5.26 Å². The van der Waals surface area contributed by atoms with Crippen LogP contribution in [0.3, 0.4) is 0 Å². The van der Waals surface area contributed by atoms with Gasteiger partial charge in [-0.3, -0.25) is 4.79 Å². The van der Waals surface area contributed by atoms with Gasteiger partial charge in [-0.25, -0.2) is 0 Å². The van der Waals surface area contributed by atoms with Crippen LogP contribution in [0.1, 0.15) is 54.0 Å². The summed E-state index contributed by atoms with van der Waals surface area (Å²) in [4.78, 5) is 11.6. The molecule has 0 spiro atoms. The molecule has 0 amide bonds. The Bertz CT molecular complexity index is 929. The van der Waals surface area contributed by atoms with E-state index < -0.39 is 0 Å². The van der Waals surface area contributed by atoms with Crippen molar-refractivity contribution in [2.75, 3.05) is 7.11 Å². The number of esters is 1. The average molecular weight is 359 g/mol. The van der Waals surface area contributed by atoms with Gasteiger partial charge in [-0.05, 0) is 60.7 Å². The maximum Gasteiger partial charge on any atom is 0.307 e. The molecule has 0 aliphatic heterocycles. The molecule has 2 aromatic rings. The summed E-state index contributed by atoms with van der Waals surface area (Å²) in [6.07, 6.45) is 2.05. The first-order chi connectivity index (χ1) is 13.1. The van der Waals surface area contributed by atoms with Crippen molar-refractivity contribution in [2.45, 2.75) is 38.2 Å². The summed E-state index contributed by atoms with van der Waals surface area (Å²) in [6, 6.07) is 15.7. The lowest BCUT2D eigenvalue weighted by Crippen LogP contribution is -2.08. The van der Waals surface area contributed by atoms with Gasteiger partial charge in [0.05, 0.1) is 31.1 Å². The zero-order chi connectivity index (χ0) is 19.2. The lowest BCUT2D eigenvalue weighted by Gasteiger charge is -2.16. The Morgan fingerprint density at radius 3 is 2.70 bits per heavy atom. The van der Waals surface area contributed by atoms with E-state index in [4.69, 9.17) is 14.7 Å². The monoisotopic (exact) mass is 359 g/mol. The Morgan fingerprint density at radius 2 is 2.04 bits per heavy atom. The Balaban J connectivity index is 1.72. The molecular formula is C23H21NO3. The Labute approximate surface area is 159 Å². The minimum Gasteiger partial charge on any atom is -0.486 e. The van der Waals surface area contributed by atoms with E-state index in [0.29, 0.717) is 5.56 Å². The largest absolute Gasteiger partial charge is 0.486 e. The number of ether oxygens (including phenoxy) is 2. The van der Waals surface area contributed by atoms with Crippen LogP contribution in [-0.2, 0) is 16.0 Å². The molecule has 136 valence electrons. The molecule has 0 heterocycles. The van der Waals surface area contributed by atoms with Crippen LogP contribution >= 0.6 is 0 Å². The normalized spacial score (nSPS) is 15.7. The minimum atomic E-state index is -0.276. The number of nitriles is 1. The molecule has 0 saturated carbocycles. The molecule has 2 unspecified atom stereocenters. The highest BCUT2D eigenvalue weighted by Crippen LogP contribution is 2.35. The standard InChI is InChI=1S/C23H21NO3/c1-3-4-18(14-23(25)26-2)17-6-9-20(10-7-17)27-22-12-8-19-13-16(15-24)5-11-21(19)22/h5-7,9-11,13,18,22H,8,12,14H2,1-2H3. The average Bonchev–Trinajstić information content (AvgIpc) is 3.10. The maximum atomic E-state index is 11.6. The van der Waals surface area contributed by atoms with Crippen molar-refractivity contribution in [1.82, 2.24) is 0 Å². The van der Waals surface area contributed by atoms with E-state index >= 15 is 0 Å². The zero-order valence-electron chi connectivity index (χ0n) is 15.5. The fourth-order valence-electron chi connectivity index (χ4n) is 3.39. The minimum absolute atomic E-state index is 0.0000996. The number of rotatable bonds is 5. The highest BCUT2D eigenvalue weighted by atomic mass is 16.5. The van der Waals surface area contributed by atoms with Crippen molar-refractivity contribution in [2.24, 2.45) is 0 Å². The molecule has 1 aliphatic carbocycles. The SMILES string of the molecule is CC#CC(CC(=O)OC)c1ccc(OC2CCc3cc(C#N)ccc32)cc1. The van der Waals surface area contributed by atoms with Gasteiger partial charge in [0.2, 0.25) is 0 Å². The lowest BCUT2D eigenvalue weighted by atomic mass is 9.96. The summed E-state index contributed by atoms with van der Waals surface area (Å²) in [6.45, 7) is 1.76. The maximum absolute atomic E-state index is 11.6. The summed E-state index contributed by atoms with van der Waals surface area (Å²) < 4.78 is 10.9. The summed E-state index contributed by atoms with van der Waals surface area (Å²) in [7, 11) is 1.38. The Hall–Kier alpha value is -3.24. The summed E-state index contributed by atoms with van der Waals surface area (Å²) >= 11 is 0. The number of fused-ring (bicyclic) bond motifs is 1. The number of carbonyl (C=O) groups excluding carboxylic acids is 1. The molecule has 2 aromatic carbocycles. The van der Waals surface area contributed by atoms with Gasteiger partial charge >= 0.3 is 5.97 Å². The second-order valence-corrected chi connectivity index (χ2v) is 6.47. The predicted molar refractivity (Wildman–Crippen MR) is 102 cm³/mol. The molecular weight excluding hydrogens is 338 g/mol. The molecule has 0 bridgehead atoms. The number of aryl methyl sites for hydroxylation is 1. The van der Waals surface area contributed by atoms with Crippen LogP contribution in [-0.4, -0.2) is 13.1 Å². The molecule has 0 radical (unpaired) electrons. The van der Waals surface area contributed by atoms with Crippen molar-refractivity contribution in [1.29, 1.82) is 5.26 Å². The summed E-state index contributed by atoms with van der Waals surface area (Å²) in [5.41, 5.74) is 3.99. The van der Waals surface area contributed by atoms with Gasteiger partial charge in [0.25, 0.3) is 0 Å². The summed E-state index contributed by atoms with van der Waals surface area (Å²) in [5.74, 6) is 6.26. The Morgan fingerprint density at radius 1 is 1.26 bits per heavy atom. The number of benzene rings is 2. The Kier molecular flexibility index (Phi) is 5.79. The van der Waals surface area contributed by atoms with Gasteiger partial charge in [-0.15, -0.1) is 5.92 Å². The third-order valence-corrected chi connectivity index (χ3v) is 4.77. The van der Waals surface area contributed by atoms with E-state index in [1.807, 2.05) is 42.5 Å². The molecule has 1 aliphatic rings. The van der Waals surface area contributed by atoms with Crippen LogP contribution in [0.25, 0.3) is 0 Å². The van der Waals surface area contributed by atoms with E-state index in [0.717, 1.165) is 29.7 Å². The molecule has 0 aromatic heterocycles. The molecule has 2 atom stereocenters. The van der Waals surface area contributed by atoms with Crippen LogP contribution in [0.4, 0.5) is 0 Å². The van der Waals surface area contributed by atoms with Crippen LogP contribution in [0, 0.1) is 23.2 Å². The second-order valence-electron chi connectivity index (χ2n) is 6.47. The van der Waals surface area contributed by atoms with Crippen molar-refractivity contribution in [3.05, 3.63) is 64.7 Å². The quantitative estimate of drug-likeness (QED) is 0.590. The van der Waals surface area contributed by atoms with Gasteiger partial charge in [0.15, 0.2) is 0 Å². The van der Waals surface area contributed by atoms with E-state index in [1.54, 1.807) is 6.92 Å². The fourth-order valence-corrected chi connectivity index (χ4v) is 3.39. The van der Waals surface area contributed by atoms with Crippen molar-refractivity contribution in [3.8, 4) is 23.7 Å². The fraction of sp³-hybridized carbons (Fsp3) is 0.304. The molecule has 0 fully saturated rings.